The number of rotatable bonds is 11. The van der Waals surface area contributed by atoms with Crippen LogP contribution in [-0.4, -0.2) is 74.1 Å². The number of esters is 1. The van der Waals surface area contributed by atoms with Gasteiger partial charge in [-0.25, -0.2) is 0 Å². The number of carbonyl (C=O) groups excluding carboxylic acids is 4. The maximum Gasteiger partial charge on any atom is 0.320 e. The molecule has 0 spiro atoms. The van der Waals surface area contributed by atoms with Crippen molar-refractivity contribution in [1.82, 2.24) is 15.2 Å². The number of nitrogens with zero attached hydrogens (tertiary/aromatic N) is 1. The highest BCUT2D eigenvalue weighted by atomic mass is 16.6. The van der Waals surface area contributed by atoms with E-state index in [1.54, 1.807) is 25.3 Å². The average Bonchev–Trinajstić information content (AvgIpc) is 3.41. The number of ether oxygens (including phenoxy) is 2. The molecule has 2 N–H and O–H groups in total. The molecule has 1 heterocycles. The number of nitrogens with one attached hydrogen (secondary N) is 2. The monoisotopic (exact) mass is 617 g/mol. The molecule has 2 aromatic rings. The van der Waals surface area contributed by atoms with E-state index in [4.69, 9.17) is 9.47 Å². The van der Waals surface area contributed by atoms with Crippen LogP contribution in [0, 0.1) is 5.92 Å². The van der Waals surface area contributed by atoms with Gasteiger partial charge in [-0.2, -0.15) is 0 Å². The smallest absolute Gasteiger partial charge is 0.320 e. The Labute approximate surface area is 266 Å². The number of methoxy groups -OCH3 is 1. The Bertz CT molecular complexity index is 1130. The summed E-state index contributed by atoms with van der Waals surface area (Å²) >= 11 is 0. The molecule has 9 heteroatoms. The second-order valence-electron chi connectivity index (χ2n) is 11.2. The summed E-state index contributed by atoms with van der Waals surface area (Å²) in [6, 6.07) is 5.27. The van der Waals surface area contributed by atoms with E-state index in [-0.39, 0.29) is 19.0 Å². The van der Waals surface area contributed by atoms with Gasteiger partial charge in [0.2, 0.25) is 5.78 Å². The number of carbonyl (C=O) groups is 4. The first-order valence-corrected chi connectivity index (χ1v) is 15.3. The van der Waals surface area contributed by atoms with Crippen molar-refractivity contribution < 1.29 is 28.7 Å². The number of aldehydes is 2. The van der Waals surface area contributed by atoms with Gasteiger partial charge in [0, 0.05) is 43.2 Å². The minimum atomic E-state index is -0.522. The number of benzene rings is 1. The van der Waals surface area contributed by atoms with E-state index < -0.39 is 5.78 Å². The summed E-state index contributed by atoms with van der Waals surface area (Å²) in [7, 11) is 5.42. The van der Waals surface area contributed by atoms with Crippen LogP contribution < -0.4 is 10.1 Å². The largest absolute Gasteiger partial charge is 0.497 e. The highest BCUT2D eigenvalue weighted by Gasteiger charge is 2.20. The molecule has 1 aliphatic rings. The molecule has 1 aromatic carbocycles. The van der Waals surface area contributed by atoms with Crippen molar-refractivity contribution in [3.63, 3.8) is 0 Å². The molecule has 0 unspecified atom stereocenters. The topological polar surface area (TPSA) is 118 Å². The number of Topliss-reactive ketones (excluding diaryl/α,β-unsaturated/α-hetero) is 1. The Morgan fingerprint density at radius 2 is 1.75 bits per heavy atom. The predicted octanol–water partition coefficient (Wildman–Crippen LogP) is 7.15. The van der Waals surface area contributed by atoms with Crippen molar-refractivity contribution in [3.05, 3.63) is 41.7 Å². The molecule has 1 saturated carbocycles. The van der Waals surface area contributed by atoms with E-state index in [0.29, 0.717) is 30.6 Å². The summed E-state index contributed by atoms with van der Waals surface area (Å²) in [5.41, 5.74) is 1.94. The van der Waals surface area contributed by atoms with Crippen LogP contribution in [0.2, 0.25) is 0 Å². The Morgan fingerprint density at radius 3 is 2.25 bits per heavy atom. The zero-order valence-corrected chi connectivity index (χ0v) is 27.9. The highest BCUT2D eigenvalue weighted by Crippen LogP contribution is 2.24. The molecular formula is C35H59N3O6. The molecule has 44 heavy (non-hydrogen) atoms. The average molecular weight is 618 g/mol. The van der Waals surface area contributed by atoms with Crippen molar-refractivity contribution in [2.75, 3.05) is 34.3 Å². The van der Waals surface area contributed by atoms with Gasteiger partial charge >= 0.3 is 5.97 Å². The van der Waals surface area contributed by atoms with Crippen molar-refractivity contribution in [2.24, 2.45) is 5.92 Å². The first kappa shape index (κ1) is 42.7. The Balaban J connectivity index is 0. The van der Waals surface area contributed by atoms with Crippen LogP contribution in [0.5, 0.6) is 5.75 Å². The molecule has 0 saturated heterocycles. The maximum absolute atomic E-state index is 11.6. The van der Waals surface area contributed by atoms with Crippen molar-refractivity contribution in [3.8, 4) is 5.75 Å². The Hall–Kier alpha value is -3.46. The van der Waals surface area contributed by atoms with Crippen LogP contribution in [0.15, 0.2) is 36.2 Å². The molecule has 0 bridgehead atoms. The van der Waals surface area contributed by atoms with Crippen LogP contribution in [-0.2, 0) is 19.1 Å². The zero-order valence-electron chi connectivity index (χ0n) is 27.9. The van der Waals surface area contributed by atoms with Crippen LogP contribution in [0.3, 0.4) is 0 Å². The molecule has 0 amide bonds. The fraction of sp³-hybridized carbons (Fsp3) is 0.600. The summed E-state index contributed by atoms with van der Waals surface area (Å²) in [4.78, 5) is 48.3. The number of hydrogen-bond donors (Lipinski definition) is 2. The van der Waals surface area contributed by atoms with Crippen LogP contribution in [0.25, 0.3) is 10.9 Å². The lowest BCUT2D eigenvalue weighted by Crippen LogP contribution is -2.35. The minimum absolute atomic E-state index is 0. The summed E-state index contributed by atoms with van der Waals surface area (Å²) in [5.74, 6) is 0.841. The molecule has 0 atom stereocenters. The minimum Gasteiger partial charge on any atom is -0.497 e. The highest BCUT2D eigenvalue weighted by molar-refractivity contribution is 6.36. The van der Waals surface area contributed by atoms with Crippen molar-refractivity contribution >= 4 is 35.2 Å². The van der Waals surface area contributed by atoms with Crippen LogP contribution in [0.4, 0.5) is 0 Å². The third-order valence-corrected chi connectivity index (χ3v) is 6.52. The third kappa shape index (κ3) is 17.6. The Morgan fingerprint density at radius 1 is 1.11 bits per heavy atom. The van der Waals surface area contributed by atoms with Crippen LogP contribution in [0.1, 0.15) is 104 Å². The fourth-order valence-corrected chi connectivity index (χ4v) is 4.59. The summed E-state index contributed by atoms with van der Waals surface area (Å²) in [6.07, 6.45) is 12.9. The molecule has 1 aromatic heterocycles. The molecular weight excluding hydrogens is 558 g/mol. The predicted molar refractivity (Wildman–Crippen MR) is 181 cm³/mol. The lowest BCUT2D eigenvalue weighted by Gasteiger charge is -2.27. The molecule has 1 aliphatic carbocycles. The number of aromatic amines is 1. The van der Waals surface area contributed by atoms with Gasteiger partial charge in [-0.3, -0.25) is 19.3 Å². The second-order valence-corrected chi connectivity index (χ2v) is 11.2. The normalized spacial score (nSPS) is 13.0. The first-order valence-electron chi connectivity index (χ1n) is 15.3. The standard InChI is InChI=1S/C14H27NO2.C11H9NO3.C7H13NO.C2H6.CH4/c1-14(2,3)17-13(16)11-15(4)10-12-8-6-5-7-9-12;1-15-7-2-3-8-9(11(14)6-13)5-12-10(8)4-7;1-3-7(4-5-9)6-8-2;1-2;/h12H,5-11H2,1-4H3;2-6,12H,1H3;5-6,8H,3-4H2,1-2H3;1-2H3;1H4/b;;7-6+;;. The fourth-order valence-electron chi connectivity index (χ4n) is 4.59. The quantitative estimate of drug-likeness (QED) is 0.118. The summed E-state index contributed by atoms with van der Waals surface area (Å²) in [6.45, 7) is 13.2. The Kier molecular flexibility index (Phi) is 23.2. The molecule has 9 nitrogen and oxygen atoms in total. The zero-order chi connectivity index (χ0) is 32.8. The van der Waals surface area contributed by atoms with Crippen LogP contribution >= 0.6 is 0 Å². The van der Waals surface area contributed by atoms with Gasteiger partial charge in [0.25, 0.3) is 0 Å². The lowest BCUT2D eigenvalue weighted by molar-refractivity contribution is -0.155. The second kappa shape index (κ2) is 23.9. The maximum atomic E-state index is 11.6. The van der Waals surface area contributed by atoms with E-state index in [2.05, 4.69) is 15.2 Å². The summed E-state index contributed by atoms with van der Waals surface area (Å²) in [5, 5.41) is 3.61. The molecule has 250 valence electrons. The van der Waals surface area contributed by atoms with E-state index in [1.165, 1.54) is 38.3 Å². The van der Waals surface area contributed by atoms with E-state index in [0.717, 1.165) is 41.6 Å². The number of aromatic nitrogens is 1. The van der Waals surface area contributed by atoms with Gasteiger partial charge in [0.15, 0.2) is 6.29 Å². The van der Waals surface area contributed by atoms with Gasteiger partial charge in [-0.1, -0.05) is 47.5 Å². The number of ketones is 1. The third-order valence-electron chi connectivity index (χ3n) is 6.52. The van der Waals surface area contributed by atoms with E-state index in [1.807, 2.05) is 61.8 Å². The molecule has 1 fully saturated rings. The van der Waals surface area contributed by atoms with Gasteiger partial charge < -0.3 is 24.6 Å². The van der Waals surface area contributed by atoms with E-state index >= 15 is 0 Å². The molecule has 3 rings (SSSR count). The van der Waals surface area contributed by atoms with Gasteiger partial charge in [0.1, 0.15) is 17.6 Å². The van der Waals surface area contributed by atoms with Gasteiger partial charge in [-0.15, -0.1) is 0 Å². The number of likely N-dealkylation sites (N-methyl/N-ethyl adjacent to an activating group) is 1. The molecule has 0 aliphatic heterocycles. The number of fused-ring (bicyclic) bond motifs is 1. The SMILES string of the molecule is C.CC.CC/C(=C\NC)CC=O.CN(CC(=O)OC(C)(C)C)CC1CCCCC1.COc1ccc2c(C(=O)C=O)c[nH]c2c1. The number of allylic oxidation sites excluding steroid dienone is 1. The van der Waals surface area contributed by atoms with Crippen molar-refractivity contribution in [2.45, 2.75) is 99.5 Å². The first-order chi connectivity index (χ1) is 20.5. The van der Waals surface area contributed by atoms with Crippen molar-refractivity contribution in [1.29, 1.82) is 0 Å². The lowest BCUT2D eigenvalue weighted by atomic mass is 9.89. The number of hydrogen-bond acceptors (Lipinski definition) is 8. The molecule has 0 radical (unpaired) electrons. The van der Waals surface area contributed by atoms with Gasteiger partial charge in [-0.05, 0) is 76.9 Å². The van der Waals surface area contributed by atoms with Gasteiger partial charge in [0.05, 0.1) is 19.2 Å². The summed E-state index contributed by atoms with van der Waals surface area (Å²) < 4.78 is 10.4. The number of H-pyrrole nitrogens is 1. The van der Waals surface area contributed by atoms with E-state index in [9.17, 15) is 19.2 Å².